The molecule has 0 spiro atoms. The second-order valence-electron chi connectivity index (χ2n) is 6.61. The number of nitrogens with one attached hydrogen (secondary N) is 2. The molecule has 7 nitrogen and oxygen atoms in total. The average Bonchev–Trinajstić information content (AvgIpc) is 3.05. The molecule has 140 valence electrons. The number of hydrogen-bond donors (Lipinski definition) is 2. The van der Waals surface area contributed by atoms with Crippen molar-refractivity contribution in [3.05, 3.63) is 29.7 Å². The highest BCUT2D eigenvalue weighted by molar-refractivity contribution is 7.80. The van der Waals surface area contributed by atoms with Crippen LogP contribution in [-0.4, -0.2) is 35.3 Å². The Hall–Kier alpha value is -2.35. The van der Waals surface area contributed by atoms with Gasteiger partial charge in [0.25, 0.3) is 0 Å². The fraction of sp³-hybridized carbons (Fsp3) is 0.500. The molecular formula is C18H25N5O2S. The van der Waals surface area contributed by atoms with Gasteiger partial charge in [0.2, 0.25) is 11.8 Å². The van der Waals surface area contributed by atoms with Crippen LogP contribution in [-0.2, 0) is 6.54 Å². The van der Waals surface area contributed by atoms with Gasteiger partial charge in [-0.05, 0) is 50.0 Å². The van der Waals surface area contributed by atoms with E-state index in [9.17, 15) is 0 Å². The lowest BCUT2D eigenvalue weighted by atomic mass is 10.0. The number of rotatable bonds is 5. The molecule has 2 aromatic rings. The van der Waals surface area contributed by atoms with Gasteiger partial charge < -0.3 is 24.7 Å². The second kappa shape index (κ2) is 8.35. The predicted molar refractivity (Wildman–Crippen MR) is 106 cm³/mol. The Morgan fingerprint density at radius 1 is 1.42 bits per heavy atom. The molecule has 0 bridgehead atoms. The van der Waals surface area contributed by atoms with Gasteiger partial charge in [0.15, 0.2) is 5.11 Å². The van der Waals surface area contributed by atoms with E-state index in [-0.39, 0.29) is 0 Å². The molecule has 3 heterocycles. The summed E-state index contributed by atoms with van der Waals surface area (Å²) in [6, 6.07) is 5.71. The minimum Gasteiger partial charge on any atom is -0.481 e. The van der Waals surface area contributed by atoms with Crippen molar-refractivity contribution >= 4 is 29.1 Å². The molecule has 1 fully saturated rings. The van der Waals surface area contributed by atoms with Gasteiger partial charge in [-0.1, -0.05) is 6.92 Å². The molecule has 2 N–H and O–H groups in total. The third kappa shape index (κ3) is 4.85. The normalized spacial score (nSPS) is 17.0. The van der Waals surface area contributed by atoms with Gasteiger partial charge in [0.1, 0.15) is 17.3 Å². The van der Waals surface area contributed by atoms with Crippen molar-refractivity contribution in [2.75, 3.05) is 30.4 Å². The fourth-order valence-corrected chi connectivity index (χ4v) is 3.19. The second-order valence-corrected chi connectivity index (χ2v) is 7.01. The van der Waals surface area contributed by atoms with E-state index in [1.54, 1.807) is 7.11 Å². The zero-order valence-corrected chi connectivity index (χ0v) is 16.2. The number of ether oxygens (including phenoxy) is 1. The van der Waals surface area contributed by atoms with E-state index in [4.69, 9.17) is 21.4 Å². The quantitative estimate of drug-likeness (QED) is 0.772. The number of thiocarbonyl (C=S) groups is 1. The zero-order chi connectivity index (χ0) is 18.5. The number of methoxy groups -OCH3 is 1. The molecule has 0 aromatic carbocycles. The lowest BCUT2D eigenvalue weighted by Gasteiger charge is -2.32. The van der Waals surface area contributed by atoms with Gasteiger partial charge in [0.05, 0.1) is 13.7 Å². The topological polar surface area (TPSA) is 75.5 Å². The van der Waals surface area contributed by atoms with Crippen LogP contribution >= 0.6 is 12.2 Å². The molecule has 0 radical (unpaired) electrons. The monoisotopic (exact) mass is 375 g/mol. The summed E-state index contributed by atoms with van der Waals surface area (Å²) in [4.78, 5) is 11.2. The van der Waals surface area contributed by atoms with Crippen molar-refractivity contribution in [3.8, 4) is 5.88 Å². The van der Waals surface area contributed by atoms with E-state index in [0.29, 0.717) is 29.4 Å². The van der Waals surface area contributed by atoms with Gasteiger partial charge in [-0.25, -0.2) is 0 Å². The zero-order valence-electron chi connectivity index (χ0n) is 15.4. The van der Waals surface area contributed by atoms with Gasteiger partial charge in [-0.15, -0.1) is 0 Å². The van der Waals surface area contributed by atoms with Crippen LogP contribution in [0.2, 0.25) is 0 Å². The first-order valence-corrected chi connectivity index (χ1v) is 9.22. The lowest BCUT2D eigenvalue weighted by Crippen LogP contribution is -2.35. The predicted octanol–water partition coefficient (Wildman–Crippen LogP) is 3.11. The summed E-state index contributed by atoms with van der Waals surface area (Å²) in [5.41, 5.74) is 0. The van der Waals surface area contributed by atoms with Crippen molar-refractivity contribution in [2.45, 2.75) is 33.2 Å². The standard InChI is InChI=1S/C18H25N5O2S/c1-12-5-4-8-23(11-12)15-9-16(24-3)21-17(20-15)22-18(26)19-10-14-7-6-13(2)25-14/h6-7,9,12H,4-5,8,10-11H2,1-3H3,(H2,19,20,21,22,26)/t12-/m1/s1. The van der Waals surface area contributed by atoms with Crippen molar-refractivity contribution in [1.82, 2.24) is 15.3 Å². The first-order chi connectivity index (χ1) is 12.5. The van der Waals surface area contributed by atoms with Crippen LogP contribution in [0.15, 0.2) is 22.6 Å². The number of anilines is 2. The van der Waals surface area contributed by atoms with E-state index in [0.717, 1.165) is 30.4 Å². The van der Waals surface area contributed by atoms with Crippen LogP contribution < -0.4 is 20.3 Å². The van der Waals surface area contributed by atoms with E-state index in [1.165, 1.54) is 12.8 Å². The molecule has 8 heteroatoms. The van der Waals surface area contributed by atoms with E-state index in [1.807, 2.05) is 25.1 Å². The van der Waals surface area contributed by atoms with Crippen LogP contribution in [0.1, 0.15) is 31.3 Å². The number of aryl methyl sites for hydroxylation is 1. The Bertz CT molecular complexity index is 764. The highest BCUT2D eigenvalue weighted by atomic mass is 32.1. The molecular weight excluding hydrogens is 350 g/mol. The first kappa shape index (κ1) is 18.4. The maximum Gasteiger partial charge on any atom is 0.234 e. The summed E-state index contributed by atoms with van der Waals surface area (Å²) in [6.07, 6.45) is 2.42. The Balaban J connectivity index is 1.66. The van der Waals surface area contributed by atoms with Crippen LogP contribution in [0.25, 0.3) is 0 Å². The number of piperidine rings is 1. The molecule has 2 aromatic heterocycles. The Morgan fingerprint density at radius 3 is 2.96 bits per heavy atom. The fourth-order valence-electron chi connectivity index (χ4n) is 3.03. The van der Waals surface area contributed by atoms with Crippen molar-refractivity contribution < 1.29 is 9.15 Å². The van der Waals surface area contributed by atoms with Crippen molar-refractivity contribution in [2.24, 2.45) is 5.92 Å². The number of hydrogen-bond acceptors (Lipinski definition) is 6. The molecule has 1 aliphatic rings. The molecule has 0 unspecified atom stereocenters. The molecule has 26 heavy (non-hydrogen) atoms. The van der Waals surface area contributed by atoms with Crippen LogP contribution in [0.4, 0.5) is 11.8 Å². The largest absolute Gasteiger partial charge is 0.481 e. The summed E-state index contributed by atoms with van der Waals surface area (Å²) in [7, 11) is 1.60. The van der Waals surface area contributed by atoms with Crippen molar-refractivity contribution in [1.29, 1.82) is 0 Å². The minimum absolute atomic E-state index is 0.422. The number of aromatic nitrogens is 2. The average molecular weight is 375 g/mol. The Labute approximate surface area is 159 Å². The summed E-state index contributed by atoms with van der Waals surface area (Å²) in [5.74, 6) is 4.14. The highest BCUT2D eigenvalue weighted by Gasteiger charge is 2.19. The number of nitrogens with zero attached hydrogens (tertiary/aromatic N) is 3. The Morgan fingerprint density at radius 2 is 2.27 bits per heavy atom. The maximum absolute atomic E-state index is 5.52. The molecule has 0 aliphatic carbocycles. The molecule has 3 rings (SSSR count). The summed E-state index contributed by atoms with van der Waals surface area (Å²) in [6.45, 7) is 6.65. The van der Waals surface area contributed by atoms with Crippen molar-refractivity contribution in [3.63, 3.8) is 0 Å². The highest BCUT2D eigenvalue weighted by Crippen LogP contribution is 2.25. The van der Waals surface area contributed by atoms with Crippen LogP contribution in [0, 0.1) is 12.8 Å². The minimum atomic E-state index is 0.422. The number of furan rings is 1. The summed E-state index contributed by atoms with van der Waals surface area (Å²) >= 11 is 5.34. The third-order valence-electron chi connectivity index (χ3n) is 4.32. The van der Waals surface area contributed by atoms with E-state index in [2.05, 4.69) is 32.4 Å². The SMILES string of the molecule is COc1cc(N2CCC[C@@H](C)C2)nc(NC(=S)NCc2ccc(C)o2)n1. The van der Waals surface area contributed by atoms with Gasteiger partial charge in [0, 0.05) is 19.2 Å². The van der Waals surface area contributed by atoms with Crippen LogP contribution in [0.5, 0.6) is 5.88 Å². The van der Waals surface area contributed by atoms with Gasteiger partial charge >= 0.3 is 0 Å². The van der Waals surface area contributed by atoms with Gasteiger partial charge in [-0.2, -0.15) is 9.97 Å². The Kier molecular flexibility index (Phi) is 5.92. The molecule has 1 aliphatic heterocycles. The third-order valence-corrected chi connectivity index (χ3v) is 4.57. The molecule has 1 saturated heterocycles. The van der Waals surface area contributed by atoms with Gasteiger partial charge in [-0.3, -0.25) is 0 Å². The summed E-state index contributed by atoms with van der Waals surface area (Å²) in [5, 5.41) is 6.57. The summed E-state index contributed by atoms with van der Waals surface area (Å²) < 4.78 is 10.9. The lowest BCUT2D eigenvalue weighted by molar-refractivity contribution is 0.396. The van der Waals surface area contributed by atoms with E-state index >= 15 is 0 Å². The molecule has 0 amide bonds. The van der Waals surface area contributed by atoms with E-state index < -0.39 is 0 Å². The maximum atomic E-state index is 5.52. The molecule has 1 atom stereocenters. The first-order valence-electron chi connectivity index (χ1n) is 8.81. The van der Waals surface area contributed by atoms with Crippen LogP contribution in [0.3, 0.4) is 0 Å². The molecule has 0 saturated carbocycles. The smallest absolute Gasteiger partial charge is 0.234 e.